The van der Waals surface area contributed by atoms with E-state index in [0.717, 1.165) is 6.07 Å². The minimum atomic E-state index is -0.489. The van der Waals surface area contributed by atoms with Gasteiger partial charge in [-0.3, -0.25) is 4.79 Å². The highest BCUT2D eigenvalue weighted by atomic mass is 19.1. The van der Waals surface area contributed by atoms with Crippen LogP contribution in [0.25, 0.3) is 10.9 Å². The average Bonchev–Trinajstić information content (AvgIpc) is 2.67. The van der Waals surface area contributed by atoms with E-state index in [0.29, 0.717) is 16.5 Å². The molecule has 0 aliphatic heterocycles. The first-order valence-corrected chi connectivity index (χ1v) is 6.16. The van der Waals surface area contributed by atoms with Gasteiger partial charge in [0.25, 0.3) is 0 Å². The highest BCUT2D eigenvalue weighted by molar-refractivity contribution is 5.93. The number of carbonyl (C=O) groups excluding carboxylic acids is 1. The zero-order valence-corrected chi connectivity index (χ0v) is 11.2. The molecule has 102 valence electrons. The molecular formula is C14H17FN2O2. The number of aromatic hydroxyl groups is 1. The standard InChI is InChI=1S/C14H17FN2O2/c1-8(2)17-7-9(4-13(19)16-3)14-11(17)5-10(15)6-12(14)18/h5-8,18H,4H2,1-3H3,(H,16,19). The molecule has 0 unspecified atom stereocenters. The lowest BCUT2D eigenvalue weighted by molar-refractivity contribution is -0.119. The van der Waals surface area contributed by atoms with Crippen molar-refractivity contribution in [3.05, 3.63) is 29.7 Å². The molecule has 4 nitrogen and oxygen atoms in total. The van der Waals surface area contributed by atoms with Crippen molar-refractivity contribution in [2.24, 2.45) is 0 Å². The normalized spacial score (nSPS) is 11.2. The van der Waals surface area contributed by atoms with Gasteiger partial charge in [0.05, 0.1) is 11.9 Å². The molecule has 2 rings (SSSR count). The van der Waals surface area contributed by atoms with Crippen molar-refractivity contribution < 1.29 is 14.3 Å². The predicted molar refractivity (Wildman–Crippen MR) is 71.7 cm³/mol. The highest BCUT2D eigenvalue weighted by Gasteiger charge is 2.17. The van der Waals surface area contributed by atoms with Gasteiger partial charge < -0.3 is 15.0 Å². The maximum atomic E-state index is 13.4. The van der Waals surface area contributed by atoms with Crippen LogP contribution in [0.2, 0.25) is 0 Å². The van der Waals surface area contributed by atoms with Crippen molar-refractivity contribution in [3.63, 3.8) is 0 Å². The van der Waals surface area contributed by atoms with E-state index in [1.165, 1.54) is 6.07 Å². The number of fused-ring (bicyclic) bond motifs is 1. The van der Waals surface area contributed by atoms with E-state index in [9.17, 15) is 14.3 Å². The van der Waals surface area contributed by atoms with Crippen LogP contribution in [0.5, 0.6) is 5.75 Å². The SMILES string of the molecule is CNC(=O)Cc1cn(C(C)C)c2cc(F)cc(O)c12. The van der Waals surface area contributed by atoms with E-state index in [2.05, 4.69) is 5.32 Å². The van der Waals surface area contributed by atoms with Gasteiger partial charge >= 0.3 is 0 Å². The Morgan fingerprint density at radius 2 is 2.16 bits per heavy atom. The molecule has 0 spiro atoms. The Labute approximate surface area is 110 Å². The quantitative estimate of drug-likeness (QED) is 0.894. The summed E-state index contributed by atoms with van der Waals surface area (Å²) in [6.45, 7) is 3.93. The Bertz CT molecular complexity index is 632. The number of phenols is 1. The number of amides is 1. The van der Waals surface area contributed by atoms with Gasteiger partial charge in [0, 0.05) is 30.7 Å². The van der Waals surface area contributed by atoms with Crippen molar-refractivity contribution in [3.8, 4) is 5.75 Å². The summed E-state index contributed by atoms with van der Waals surface area (Å²) >= 11 is 0. The van der Waals surface area contributed by atoms with Gasteiger partial charge in [-0.05, 0) is 25.5 Å². The molecule has 0 saturated carbocycles. The lowest BCUT2D eigenvalue weighted by Crippen LogP contribution is -2.19. The fourth-order valence-electron chi connectivity index (χ4n) is 2.24. The second-order valence-electron chi connectivity index (χ2n) is 4.82. The fraction of sp³-hybridized carbons (Fsp3) is 0.357. The van der Waals surface area contributed by atoms with E-state index in [4.69, 9.17) is 0 Å². The van der Waals surface area contributed by atoms with Gasteiger partial charge in [0.1, 0.15) is 11.6 Å². The number of phenolic OH excluding ortho intramolecular Hbond substituents is 1. The monoisotopic (exact) mass is 264 g/mol. The van der Waals surface area contributed by atoms with E-state index >= 15 is 0 Å². The van der Waals surface area contributed by atoms with Gasteiger partial charge in [-0.15, -0.1) is 0 Å². The summed E-state index contributed by atoms with van der Waals surface area (Å²) in [5.74, 6) is -0.767. The van der Waals surface area contributed by atoms with Crippen molar-refractivity contribution in [1.29, 1.82) is 0 Å². The number of aromatic nitrogens is 1. The molecule has 1 amide bonds. The van der Waals surface area contributed by atoms with Crippen LogP contribution in [-0.2, 0) is 11.2 Å². The van der Waals surface area contributed by atoms with Gasteiger partial charge in [-0.1, -0.05) is 0 Å². The molecule has 1 aromatic heterocycles. The van der Waals surface area contributed by atoms with E-state index in [-0.39, 0.29) is 24.1 Å². The van der Waals surface area contributed by atoms with Crippen molar-refractivity contribution in [2.75, 3.05) is 7.05 Å². The minimum absolute atomic E-state index is 0.113. The van der Waals surface area contributed by atoms with Gasteiger partial charge in [0.2, 0.25) is 5.91 Å². The largest absolute Gasteiger partial charge is 0.507 e. The number of carbonyl (C=O) groups is 1. The topological polar surface area (TPSA) is 54.3 Å². The molecule has 0 saturated heterocycles. The van der Waals surface area contributed by atoms with E-state index in [1.807, 2.05) is 18.4 Å². The molecule has 2 aromatic rings. The maximum Gasteiger partial charge on any atom is 0.224 e. The number of benzene rings is 1. The lowest BCUT2D eigenvalue weighted by atomic mass is 10.1. The molecule has 2 N–H and O–H groups in total. The molecule has 19 heavy (non-hydrogen) atoms. The van der Waals surface area contributed by atoms with Crippen LogP contribution in [0.15, 0.2) is 18.3 Å². The van der Waals surface area contributed by atoms with Crippen LogP contribution in [0.3, 0.4) is 0 Å². The van der Waals surface area contributed by atoms with Crippen LogP contribution in [0, 0.1) is 5.82 Å². The number of rotatable bonds is 3. The third-order valence-electron chi connectivity index (χ3n) is 3.14. The third-order valence-corrected chi connectivity index (χ3v) is 3.14. The van der Waals surface area contributed by atoms with Crippen molar-refractivity contribution in [2.45, 2.75) is 26.3 Å². The molecule has 0 radical (unpaired) electrons. The molecule has 1 aromatic carbocycles. The van der Waals surface area contributed by atoms with Gasteiger partial charge in [-0.2, -0.15) is 0 Å². The van der Waals surface area contributed by atoms with E-state index < -0.39 is 5.82 Å². The zero-order chi connectivity index (χ0) is 14.2. The summed E-state index contributed by atoms with van der Waals surface area (Å²) in [5.41, 5.74) is 1.30. The molecule has 1 heterocycles. The molecule has 0 aliphatic rings. The highest BCUT2D eigenvalue weighted by Crippen LogP contribution is 2.33. The molecular weight excluding hydrogens is 247 g/mol. The second-order valence-corrected chi connectivity index (χ2v) is 4.82. The first kappa shape index (κ1) is 13.4. The first-order chi connectivity index (χ1) is 8.93. The molecule has 0 aliphatic carbocycles. The Balaban J connectivity index is 2.68. The van der Waals surface area contributed by atoms with Crippen LogP contribution < -0.4 is 5.32 Å². The molecule has 0 atom stereocenters. The summed E-state index contributed by atoms with van der Waals surface area (Å²) < 4.78 is 15.3. The number of nitrogens with zero attached hydrogens (tertiary/aromatic N) is 1. The lowest BCUT2D eigenvalue weighted by Gasteiger charge is -2.09. The Kier molecular flexibility index (Phi) is 3.46. The van der Waals surface area contributed by atoms with Crippen LogP contribution in [0.4, 0.5) is 4.39 Å². The summed E-state index contributed by atoms with van der Waals surface area (Å²) in [4.78, 5) is 11.5. The van der Waals surface area contributed by atoms with Gasteiger partial charge in [-0.25, -0.2) is 4.39 Å². The molecule has 0 bridgehead atoms. The zero-order valence-electron chi connectivity index (χ0n) is 11.2. The predicted octanol–water partition coefficient (Wildman–Crippen LogP) is 2.36. The minimum Gasteiger partial charge on any atom is -0.507 e. The Morgan fingerprint density at radius 1 is 1.47 bits per heavy atom. The number of nitrogens with one attached hydrogen (secondary N) is 1. The second kappa shape index (κ2) is 4.91. The van der Waals surface area contributed by atoms with Gasteiger partial charge in [0.15, 0.2) is 0 Å². The van der Waals surface area contributed by atoms with Crippen molar-refractivity contribution >= 4 is 16.8 Å². The number of hydrogen-bond donors (Lipinski definition) is 2. The number of likely N-dealkylation sites (N-methyl/N-ethyl adjacent to an activating group) is 1. The summed E-state index contributed by atoms with van der Waals surface area (Å²) in [5, 5.41) is 13.0. The third kappa shape index (κ3) is 2.41. The summed E-state index contributed by atoms with van der Waals surface area (Å²) in [6, 6.07) is 2.56. The summed E-state index contributed by atoms with van der Waals surface area (Å²) in [7, 11) is 1.56. The van der Waals surface area contributed by atoms with Crippen LogP contribution in [0.1, 0.15) is 25.5 Å². The van der Waals surface area contributed by atoms with Crippen LogP contribution in [-0.4, -0.2) is 22.6 Å². The van der Waals surface area contributed by atoms with Crippen molar-refractivity contribution in [1.82, 2.24) is 9.88 Å². The average molecular weight is 264 g/mol. The molecule has 0 fully saturated rings. The Morgan fingerprint density at radius 3 is 2.74 bits per heavy atom. The van der Waals surface area contributed by atoms with Crippen LogP contribution >= 0.6 is 0 Å². The number of hydrogen-bond acceptors (Lipinski definition) is 2. The number of halogens is 1. The van der Waals surface area contributed by atoms with E-state index in [1.54, 1.807) is 13.2 Å². The Hall–Kier alpha value is -2.04. The smallest absolute Gasteiger partial charge is 0.224 e. The fourth-order valence-corrected chi connectivity index (χ4v) is 2.24. The molecule has 5 heteroatoms. The first-order valence-electron chi connectivity index (χ1n) is 6.16. The maximum absolute atomic E-state index is 13.4. The summed E-state index contributed by atoms with van der Waals surface area (Å²) in [6.07, 6.45) is 1.95.